The van der Waals surface area contributed by atoms with Crippen LogP contribution in [-0.4, -0.2) is 82.2 Å². The predicted octanol–water partition coefficient (Wildman–Crippen LogP) is 1.51. The summed E-state index contributed by atoms with van der Waals surface area (Å²) in [4.78, 5) is 17.0. The first-order valence-corrected chi connectivity index (χ1v) is 11.7. The van der Waals surface area contributed by atoms with Gasteiger partial charge in [0.05, 0.1) is 22.4 Å². The van der Waals surface area contributed by atoms with E-state index >= 15 is 0 Å². The molecule has 0 radical (unpaired) electrons. The maximum Gasteiger partial charge on any atom is 0.215 e. The zero-order chi connectivity index (χ0) is 21.0. The number of carbonyl (C=O) groups excluding carboxylic acids is 1. The number of ether oxygens (including phenoxy) is 1. The number of sulfonamides is 1. The molecule has 2 fully saturated rings. The van der Waals surface area contributed by atoms with E-state index in [0.717, 1.165) is 31.7 Å². The van der Waals surface area contributed by atoms with Gasteiger partial charge in [0.15, 0.2) is 11.6 Å². The van der Waals surface area contributed by atoms with Crippen LogP contribution in [0.5, 0.6) is 0 Å². The molecule has 10 heteroatoms. The Morgan fingerprint density at radius 3 is 2.55 bits per heavy atom. The SMILES string of the molecule is CN1CCN(Cc2cc(Cl)c(F)c(C(=O)CNS(=O)(=O)C3CCOCC3)c2)CC1. The van der Waals surface area contributed by atoms with Gasteiger partial charge >= 0.3 is 0 Å². The molecular formula is C19H27ClFN3O4S. The maximum atomic E-state index is 14.5. The summed E-state index contributed by atoms with van der Waals surface area (Å²) >= 11 is 6.01. The first-order valence-electron chi connectivity index (χ1n) is 9.74. The summed E-state index contributed by atoms with van der Waals surface area (Å²) in [7, 11) is -1.61. The Labute approximate surface area is 176 Å². The Kier molecular flexibility index (Phi) is 7.63. The third kappa shape index (κ3) is 5.96. The highest BCUT2D eigenvalue weighted by Gasteiger charge is 2.28. The molecule has 0 saturated carbocycles. The lowest BCUT2D eigenvalue weighted by Gasteiger charge is -2.32. The summed E-state index contributed by atoms with van der Waals surface area (Å²) in [6.45, 7) is 4.44. The number of hydrogen-bond donors (Lipinski definition) is 1. The number of hydrogen-bond acceptors (Lipinski definition) is 6. The quantitative estimate of drug-likeness (QED) is 0.638. The van der Waals surface area contributed by atoms with Crippen molar-refractivity contribution in [2.75, 3.05) is 53.0 Å². The first-order chi connectivity index (χ1) is 13.8. The van der Waals surface area contributed by atoms with Crippen molar-refractivity contribution in [3.63, 3.8) is 0 Å². The van der Waals surface area contributed by atoms with Gasteiger partial charge < -0.3 is 9.64 Å². The lowest BCUT2D eigenvalue weighted by Crippen LogP contribution is -2.43. The molecular weight excluding hydrogens is 421 g/mol. The van der Waals surface area contributed by atoms with Crippen LogP contribution in [0.25, 0.3) is 0 Å². The summed E-state index contributed by atoms with van der Waals surface area (Å²) in [6, 6.07) is 3.00. The standard InChI is InChI=1S/C19H27ClFN3O4S/c1-23-4-6-24(7-5-23)13-14-10-16(19(21)17(20)11-14)18(25)12-22-29(26,27)15-2-8-28-9-3-15/h10-11,15,22H,2-9,12-13H2,1H3. The molecule has 1 N–H and O–H groups in total. The van der Waals surface area contributed by atoms with E-state index in [-0.39, 0.29) is 10.6 Å². The predicted molar refractivity (Wildman–Crippen MR) is 109 cm³/mol. The molecule has 162 valence electrons. The van der Waals surface area contributed by atoms with Gasteiger partial charge in [-0.2, -0.15) is 0 Å². The number of benzene rings is 1. The summed E-state index contributed by atoms with van der Waals surface area (Å²) in [5.41, 5.74) is 0.549. The molecule has 1 aromatic rings. The molecule has 2 heterocycles. The first kappa shape index (κ1) is 22.6. The number of carbonyl (C=O) groups is 1. The number of piperazine rings is 1. The monoisotopic (exact) mass is 447 g/mol. The van der Waals surface area contributed by atoms with Gasteiger partial charge in [-0.3, -0.25) is 9.69 Å². The van der Waals surface area contributed by atoms with Gasteiger partial charge in [0.2, 0.25) is 10.0 Å². The smallest absolute Gasteiger partial charge is 0.215 e. The van der Waals surface area contributed by atoms with Gasteiger partial charge in [0, 0.05) is 45.9 Å². The fraction of sp³-hybridized carbons (Fsp3) is 0.632. The number of nitrogens with one attached hydrogen (secondary N) is 1. The van der Waals surface area contributed by atoms with E-state index in [9.17, 15) is 17.6 Å². The van der Waals surface area contributed by atoms with Crippen molar-refractivity contribution >= 4 is 27.4 Å². The van der Waals surface area contributed by atoms with Crippen LogP contribution in [-0.2, 0) is 21.3 Å². The highest BCUT2D eigenvalue weighted by atomic mass is 35.5. The molecule has 7 nitrogen and oxygen atoms in total. The van der Waals surface area contributed by atoms with Crippen LogP contribution in [0.1, 0.15) is 28.8 Å². The molecule has 3 rings (SSSR count). The van der Waals surface area contributed by atoms with Crippen LogP contribution in [0.4, 0.5) is 4.39 Å². The second-order valence-corrected chi connectivity index (χ2v) is 10.1. The second kappa shape index (κ2) is 9.80. The molecule has 0 atom stereocenters. The molecule has 2 aliphatic rings. The Balaban J connectivity index is 1.67. The Hall–Kier alpha value is -1.10. The third-order valence-electron chi connectivity index (χ3n) is 5.43. The average Bonchev–Trinajstić information content (AvgIpc) is 2.71. The van der Waals surface area contributed by atoms with Crippen molar-refractivity contribution in [3.05, 3.63) is 34.1 Å². The number of Topliss-reactive ketones (excluding diaryl/α,β-unsaturated/α-hetero) is 1. The highest BCUT2D eigenvalue weighted by molar-refractivity contribution is 7.90. The van der Waals surface area contributed by atoms with Crippen LogP contribution in [0.3, 0.4) is 0 Å². The van der Waals surface area contributed by atoms with E-state index in [1.165, 1.54) is 12.1 Å². The van der Waals surface area contributed by atoms with Crippen LogP contribution in [0, 0.1) is 5.82 Å². The minimum atomic E-state index is -3.67. The molecule has 0 spiro atoms. The van der Waals surface area contributed by atoms with E-state index in [1.807, 2.05) is 0 Å². The van der Waals surface area contributed by atoms with Crippen molar-refractivity contribution < 1.29 is 22.3 Å². The minimum Gasteiger partial charge on any atom is -0.381 e. The third-order valence-corrected chi connectivity index (χ3v) is 7.60. The van der Waals surface area contributed by atoms with Crippen LogP contribution < -0.4 is 4.72 Å². The van der Waals surface area contributed by atoms with E-state index in [4.69, 9.17) is 16.3 Å². The van der Waals surface area contributed by atoms with E-state index in [2.05, 4.69) is 21.6 Å². The van der Waals surface area contributed by atoms with Crippen LogP contribution >= 0.6 is 11.6 Å². The van der Waals surface area contributed by atoms with Crippen molar-refractivity contribution in [2.24, 2.45) is 0 Å². The number of ketones is 1. The number of halogens is 2. The molecule has 0 unspecified atom stereocenters. The summed E-state index contributed by atoms with van der Waals surface area (Å²) in [6.07, 6.45) is 0.758. The Morgan fingerprint density at radius 1 is 1.24 bits per heavy atom. The lowest BCUT2D eigenvalue weighted by atomic mass is 10.1. The molecule has 29 heavy (non-hydrogen) atoms. The number of nitrogens with zero attached hydrogens (tertiary/aromatic N) is 2. The largest absolute Gasteiger partial charge is 0.381 e. The molecule has 0 amide bonds. The summed E-state index contributed by atoms with van der Waals surface area (Å²) < 4.78 is 46.7. The van der Waals surface area contributed by atoms with Gasteiger partial charge in [-0.25, -0.2) is 17.5 Å². The molecule has 0 aliphatic carbocycles. The second-order valence-electron chi connectivity index (χ2n) is 7.62. The van der Waals surface area contributed by atoms with Gasteiger partial charge in [0.25, 0.3) is 0 Å². The minimum absolute atomic E-state index is 0.132. The maximum absolute atomic E-state index is 14.5. The summed E-state index contributed by atoms with van der Waals surface area (Å²) in [5, 5.41) is -0.728. The molecule has 1 aromatic carbocycles. The Bertz CT molecular complexity index is 838. The van der Waals surface area contributed by atoms with Gasteiger partial charge in [-0.1, -0.05) is 11.6 Å². The fourth-order valence-electron chi connectivity index (χ4n) is 3.57. The zero-order valence-corrected chi connectivity index (χ0v) is 18.1. The summed E-state index contributed by atoms with van der Waals surface area (Å²) in [5.74, 6) is -1.45. The molecule has 2 aliphatic heterocycles. The zero-order valence-electron chi connectivity index (χ0n) is 16.5. The van der Waals surface area contributed by atoms with Crippen molar-refractivity contribution in [3.8, 4) is 0 Å². The van der Waals surface area contributed by atoms with E-state index < -0.39 is 33.4 Å². The Morgan fingerprint density at radius 2 is 1.90 bits per heavy atom. The van der Waals surface area contributed by atoms with Gasteiger partial charge in [-0.15, -0.1) is 0 Å². The molecule has 0 aromatic heterocycles. The van der Waals surface area contributed by atoms with E-state index in [0.29, 0.717) is 32.6 Å². The molecule has 0 bridgehead atoms. The van der Waals surface area contributed by atoms with Gasteiger partial charge in [0.1, 0.15) is 0 Å². The normalized spacial score (nSPS) is 20.1. The average molecular weight is 448 g/mol. The highest BCUT2D eigenvalue weighted by Crippen LogP contribution is 2.23. The molecule has 2 saturated heterocycles. The van der Waals surface area contributed by atoms with Gasteiger partial charge in [-0.05, 0) is 37.6 Å². The number of rotatable bonds is 7. The van der Waals surface area contributed by atoms with E-state index in [1.54, 1.807) is 0 Å². The van der Waals surface area contributed by atoms with Crippen LogP contribution in [0.15, 0.2) is 12.1 Å². The number of likely N-dealkylation sites (N-methyl/N-ethyl adjacent to an activating group) is 1. The topological polar surface area (TPSA) is 79.0 Å². The van der Waals surface area contributed by atoms with Crippen molar-refractivity contribution in [1.82, 2.24) is 14.5 Å². The van der Waals surface area contributed by atoms with Crippen molar-refractivity contribution in [1.29, 1.82) is 0 Å². The lowest BCUT2D eigenvalue weighted by molar-refractivity contribution is 0.0974. The van der Waals surface area contributed by atoms with Crippen LogP contribution in [0.2, 0.25) is 5.02 Å². The fourth-order valence-corrected chi connectivity index (χ4v) is 5.19. The van der Waals surface area contributed by atoms with Crippen molar-refractivity contribution in [2.45, 2.75) is 24.6 Å².